The summed E-state index contributed by atoms with van der Waals surface area (Å²) in [5, 5.41) is 24.5. The van der Waals surface area contributed by atoms with E-state index in [4.69, 9.17) is 9.40 Å². The van der Waals surface area contributed by atoms with Gasteiger partial charge in [-0.3, -0.25) is 20.2 Å². The highest BCUT2D eigenvalue weighted by molar-refractivity contribution is 7.80. The fourth-order valence-corrected chi connectivity index (χ4v) is 4.17. The zero-order valence-corrected chi connectivity index (χ0v) is 20.1. The summed E-state index contributed by atoms with van der Waals surface area (Å²) >= 11 is 4.55. The number of hydrogen-bond donors (Lipinski definition) is 3. The van der Waals surface area contributed by atoms with Crippen LogP contribution in [0.3, 0.4) is 0 Å². The van der Waals surface area contributed by atoms with Gasteiger partial charge < -0.3 is 9.52 Å². The maximum absolute atomic E-state index is 12.9. The minimum Gasteiger partial charge on any atom is -0.507 e. The normalized spacial score (nSPS) is 10.7. The number of hydrogen-bond acceptors (Lipinski definition) is 7. The van der Waals surface area contributed by atoms with Gasteiger partial charge in [0.05, 0.1) is 11.0 Å². The van der Waals surface area contributed by atoms with E-state index in [2.05, 4.69) is 17.9 Å². The fraction of sp³-hybridized carbons (Fsp3) is 0. The summed E-state index contributed by atoms with van der Waals surface area (Å²) in [6, 6.07) is 26.9. The van der Waals surface area contributed by atoms with Crippen molar-refractivity contribution >= 4 is 30.1 Å². The number of carbonyl (C=O) groups excluding carboxylic acids is 1. The highest BCUT2D eigenvalue weighted by Crippen LogP contribution is 2.41. The van der Waals surface area contributed by atoms with E-state index in [0.717, 1.165) is 6.07 Å². The first-order valence-corrected chi connectivity index (χ1v) is 11.6. The Morgan fingerprint density at radius 1 is 0.865 bits per heavy atom. The average Bonchev–Trinajstić information content (AvgIpc) is 3.32. The molecule has 8 nitrogen and oxygen atoms in total. The molecule has 182 valence electrons. The summed E-state index contributed by atoms with van der Waals surface area (Å²) < 4.78 is 6.10. The number of oxazole rings is 1. The Bertz CT molecular complexity index is 1630. The average molecular weight is 510 g/mol. The summed E-state index contributed by atoms with van der Waals surface area (Å²) in [6.07, 6.45) is 0. The van der Waals surface area contributed by atoms with Crippen LogP contribution in [0.1, 0.15) is 10.4 Å². The standard InChI is InChI=1S/C28H19N3O5S/c32-23-16-18(31(34)35)14-15-20(23)19-10-4-5-11-21(19)27-29-25(22-12-6-7-13-24(22)37)28(36-27)30-26(33)17-8-2-1-3-9-17/h1-16,32,37H,(H,30,33). The van der Waals surface area contributed by atoms with E-state index in [0.29, 0.717) is 38.4 Å². The molecule has 0 saturated carbocycles. The van der Waals surface area contributed by atoms with Crippen molar-refractivity contribution in [3.8, 4) is 39.6 Å². The minimum atomic E-state index is -0.577. The molecule has 4 aromatic carbocycles. The number of carbonyl (C=O) groups is 1. The molecule has 1 aromatic heterocycles. The number of nitrogens with zero attached hydrogens (tertiary/aromatic N) is 2. The van der Waals surface area contributed by atoms with Gasteiger partial charge in [-0.15, -0.1) is 12.6 Å². The molecule has 9 heteroatoms. The Hall–Kier alpha value is -4.89. The summed E-state index contributed by atoms with van der Waals surface area (Å²) in [7, 11) is 0. The van der Waals surface area contributed by atoms with Crippen LogP contribution >= 0.6 is 12.6 Å². The van der Waals surface area contributed by atoms with Gasteiger partial charge in [0.15, 0.2) is 0 Å². The Kier molecular flexibility index (Phi) is 6.44. The van der Waals surface area contributed by atoms with E-state index >= 15 is 0 Å². The van der Waals surface area contributed by atoms with Gasteiger partial charge in [-0.25, -0.2) is 4.98 Å². The molecule has 1 heterocycles. The smallest absolute Gasteiger partial charge is 0.273 e. The number of aromatic nitrogens is 1. The van der Waals surface area contributed by atoms with Crippen LogP contribution in [-0.4, -0.2) is 20.9 Å². The number of anilines is 1. The molecule has 0 spiro atoms. The number of nitro benzene ring substituents is 1. The van der Waals surface area contributed by atoms with Crippen LogP contribution in [0.25, 0.3) is 33.8 Å². The quantitative estimate of drug-likeness (QED) is 0.131. The predicted octanol–water partition coefficient (Wildman–Crippen LogP) is 6.83. The second kappa shape index (κ2) is 10.00. The van der Waals surface area contributed by atoms with Gasteiger partial charge in [0.25, 0.3) is 11.6 Å². The minimum absolute atomic E-state index is 0.132. The molecule has 0 atom stereocenters. The third kappa shape index (κ3) is 4.80. The van der Waals surface area contributed by atoms with E-state index in [-0.39, 0.29) is 29.1 Å². The lowest BCUT2D eigenvalue weighted by Crippen LogP contribution is -2.11. The molecule has 5 rings (SSSR count). The molecule has 0 aliphatic rings. The van der Waals surface area contributed by atoms with Crippen molar-refractivity contribution in [2.24, 2.45) is 0 Å². The van der Waals surface area contributed by atoms with Crippen LogP contribution in [-0.2, 0) is 0 Å². The summed E-state index contributed by atoms with van der Waals surface area (Å²) in [5.74, 6) is -0.314. The zero-order valence-electron chi connectivity index (χ0n) is 19.2. The Morgan fingerprint density at radius 2 is 1.51 bits per heavy atom. The maximum Gasteiger partial charge on any atom is 0.273 e. The van der Waals surface area contributed by atoms with Gasteiger partial charge in [-0.2, -0.15) is 0 Å². The SMILES string of the molecule is O=C(Nc1oc(-c2ccccc2-c2ccc([N+](=O)[O-])cc2O)nc1-c1ccccc1S)c1ccccc1. The first-order chi connectivity index (χ1) is 17.9. The lowest BCUT2D eigenvalue weighted by molar-refractivity contribution is -0.384. The van der Waals surface area contributed by atoms with E-state index in [1.165, 1.54) is 12.1 Å². The van der Waals surface area contributed by atoms with Gasteiger partial charge in [0, 0.05) is 33.2 Å². The number of aromatic hydroxyl groups is 1. The third-order valence-corrected chi connectivity index (χ3v) is 6.08. The van der Waals surface area contributed by atoms with Crippen molar-refractivity contribution < 1.29 is 19.2 Å². The van der Waals surface area contributed by atoms with Gasteiger partial charge in [0.2, 0.25) is 11.8 Å². The highest BCUT2D eigenvalue weighted by Gasteiger charge is 2.23. The molecule has 0 bridgehead atoms. The summed E-state index contributed by atoms with van der Waals surface area (Å²) in [6.45, 7) is 0. The number of amides is 1. The zero-order chi connectivity index (χ0) is 25.9. The van der Waals surface area contributed by atoms with Crippen LogP contribution in [0.2, 0.25) is 0 Å². The van der Waals surface area contributed by atoms with Crippen LogP contribution in [0.5, 0.6) is 5.75 Å². The lowest BCUT2D eigenvalue weighted by atomic mass is 9.98. The van der Waals surface area contributed by atoms with Gasteiger partial charge >= 0.3 is 0 Å². The monoisotopic (exact) mass is 509 g/mol. The molecular weight excluding hydrogens is 490 g/mol. The van der Waals surface area contributed by atoms with E-state index < -0.39 is 4.92 Å². The topological polar surface area (TPSA) is 118 Å². The Labute approximate surface area is 216 Å². The van der Waals surface area contributed by atoms with Gasteiger partial charge in [0.1, 0.15) is 11.4 Å². The molecule has 0 aliphatic heterocycles. The third-order valence-electron chi connectivity index (χ3n) is 5.69. The molecule has 5 aromatic rings. The number of benzene rings is 4. The van der Waals surface area contributed by atoms with Crippen molar-refractivity contribution in [2.45, 2.75) is 4.90 Å². The molecule has 37 heavy (non-hydrogen) atoms. The number of phenolic OH excluding ortho intramolecular Hbond substituents is 1. The number of non-ortho nitro benzene ring substituents is 1. The molecular formula is C28H19N3O5S. The van der Waals surface area contributed by atoms with Crippen molar-refractivity contribution in [1.82, 2.24) is 4.98 Å². The second-order valence-corrected chi connectivity index (χ2v) is 8.52. The second-order valence-electron chi connectivity index (χ2n) is 8.04. The largest absolute Gasteiger partial charge is 0.507 e. The summed E-state index contributed by atoms with van der Waals surface area (Å²) in [4.78, 5) is 28.8. The van der Waals surface area contributed by atoms with E-state index in [1.807, 2.05) is 24.3 Å². The van der Waals surface area contributed by atoms with Crippen LogP contribution in [0, 0.1) is 10.1 Å². The molecule has 0 saturated heterocycles. The van der Waals surface area contributed by atoms with Crippen molar-refractivity contribution in [2.75, 3.05) is 5.32 Å². The molecule has 0 aliphatic carbocycles. The first-order valence-electron chi connectivity index (χ1n) is 11.1. The van der Waals surface area contributed by atoms with Gasteiger partial charge in [-0.05, 0) is 35.9 Å². The summed E-state index contributed by atoms with van der Waals surface area (Å²) in [5.41, 5.74) is 2.68. The number of thiol groups is 1. The van der Waals surface area contributed by atoms with Crippen molar-refractivity contribution in [3.63, 3.8) is 0 Å². The van der Waals surface area contributed by atoms with Gasteiger partial charge in [-0.1, -0.05) is 54.6 Å². The molecule has 0 radical (unpaired) electrons. The fourth-order valence-electron chi connectivity index (χ4n) is 3.91. The first kappa shape index (κ1) is 23.8. The highest BCUT2D eigenvalue weighted by atomic mass is 32.1. The number of phenols is 1. The molecule has 0 unspecified atom stereocenters. The van der Waals surface area contributed by atoms with E-state index in [9.17, 15) is 20.0 Å². The number of rotatable bonds is 6. The Balaban J connectivity index is 1.63. The number of nitro groups is 1. The van der Waals surface area contributed by atoms with E-state index in [1.54, 1.807) is 54.6 Å². The molecule has 0 fully saturated rings. The number of nitrogens with one attached hydrogen (secondary N) is 1. The van der Waals surface area contributed by atoms with Crippen molar-refractivity contribution in [3.05, 3.63) is 113 Å². The van der Waals surface area contributed by atoms with Crippen LogP contribution in [0.15, 0.2) is 106 Å². The van der Waals surface area contributed by atoms with Crippen LogP contribution in [0.4, 0.5) is 11.6 Å². The lowest BCUT2D eigenvalue weighted by Gasteiger charge is -2.09. The van der Waals surface area contributed by atoms with Crippen LogP contribution < -0.4 is 5.32 Å². The maximum atomic E-state index is 12.9. The molecule has 1 amide bonds. The van der Waals surface area contributed by atoms with Crippen molar-refractivity contribution in [1.29, 1.82) is 0 Å². The Morgan fingerprint density at radius 3 is 2.19 bits per heavy atom. The predicted molar refractivity (Wildman–Crippen MR) is 143 cm³/mol. The molecule has 2 N–H and O–H groups in total.